The average molecular weight is 377 g/mol. The van der Waals surface area contributed by atoms with Crippen LogP contribution in [0.4, 0.5) is 5.69 Å². The lowest BCUT2D eigenvalue weighted by Crippen LogP contribution is -2.25. The smallest absolute Gasteiger partial charge is 0.221 e. The summed E-state index contributed by atoms with van der Waals surface area (Å²) in [7, 11) is -4.69. The second-order valence-electron chi connectivity index (χ2n) is 5.51. The Kier molecular flexibility index (Phi) is 5.92. The number of rotatable bonds is 4. The molecule has 132 valence electrons. The number of carbonyl (C=O) groups excluding carboxylic acids is 2. The minimum Gasteiger partial charge on any atom is -0.326 e. The molecule has 0 atom stereocenters. The van der Waals surface area contributed by atoms with Crippen molar-refractivity contribution in [2.24, 2.45) is 0 Å². The van der Waals surface area contributed by atoms with Gasteiger partial charge in [0.15, 0.2) is 0 Å². The Morgan fingerprint density at radius 3 is 1.96 bits per heavy atom. The molecule has 2 rings (SSSR count). The van der Waals surface area contributed by atoms with Crippen LogP contribution in [0.2, 0.25) is 0 Å². The molecule has 0 fully saturated rings. The highest BCUT2D eigenvalue weighted by atomic mass is 32.2. The van der Waals surface area contributed by atoms with Gasteiger partial charge in [-0.15, -0.1) is 0 Å². The first-order chi connectivity index (χ1) is 11.7. The van der Waals surface area contributed by atoms with E-state index in [2.05, 4.69) is 5.32 Å². The number of sulfone groups is 1. The van der Waals surface area contributed by atoms with Gasteiger partial charge in [-0.3, -0.25) is 9.59 Å². The van der Waals surface area contributed by atoms with E-state index in [-0.39, 0.29) is 15.0 Å². The molecule has 5 nitrogen and oxygen atoms in total. The van der Waals surface area contributed by atoms with Gasteiger partial charge in [-0.25, -0.2) is 8.42 Å². The zero-order chi connectivity index (χ0) is 18.6. The summed E-state index contributed by atoms with van der Waals surface area (Å²) in [6.45, 7) is 1.37. The topological polar surface area (TPSA) is 80.3 Å². The van der Waals surface area contributed by atoms with Crippen LogP contribution in [-0.4, -0.2) is 36.8 Å². The first-order valence-corrected chi connectivity index (χ1v) is 10.9. The highest BCUT2D eigenvalue weighted by Crippen LogP contribution is 2.23. The number of hydrogen-bond acceptors (Lipinski definition) is 4. The average Bonchev–Trinajstić information content (AvgIpc) is 2.55. The quantitative estimate of drug-likeness (QED) is 0.656. The normalized spacial score (nSPS) is 11.2. The standard InChI is InChI=1S/C18H19NO4S2/c1-13(20)19-15-9-11-16(12-10-15)25(22,23)18(24(2)3)17(21)14-7-5-4-6-8-14/h4-12H,1-3H3,(H,19,20). The van der Waals surface area contributed by atoms with E-state index < -0.39 is 26.1 Å². The summed E-state index contributed by atoms with van der Waals surface area (Å²) in [6, 6.07) is 14.2. The lowest BCUT2D eigenvalue weighted by Gasteiger charge is -2.12. The third-order valence-electron chi connectivity index (χ3n) is 3.32. The van der Waals surface area contributed by atoms with E-state index in [1.165, 1.54) is 31.2 Å². The fraction of sp³-hybridized carbons (Fsp3) is 0.167. The maximum atomic E-state index is 13.0. The van der Waals surface area contributed by atoms with Gasteiger partial charge in [-0.05, 0) is 36.8 Å². The van der Waals surface area contributed by atoms with Crippen molar-refractivity contribution in [3.63, 3.8) is 0 Å². The number of nitrogens with one attached hydrogen (secondary N) is 1. The monoisotopic (exact) mass is 377 g/mol. The number of amides is 1. The van der Waals surface area contributed by atoms with E-state index in [0.29, 0.717) is 11.3 Å². The summed E-state index contributed by atoms with van der Waals surface area (Å²) in [6.07, 6.45) is 3.42. The van der Waals surface area contributed by atoms with Gasteiger partial charge in [0.2, 0.25) is 21.5 Å². The molecule has 0 unspecified atom stereocenters. The lowest BCUT2D eigenvalue weighted by molar-refractivity contribution is -0.114. The molecule has 0 bridgehead atoms. The minimum atomic E-state index is -3.93. The summed E-state index contributed by atoms with van der Waals surface area (Å²) >= 11 is 0. The van der Waals surface area contributed by atoms with Crippen molar-refractivity contribution in [2.75, 3.05) is 17.8 Å². The molecule has 1 amide bonds. The Balaban J connectivity index is 2.46. The van der Waals surface area contributed by atoms with Crippen molar-refractivity contribution < 1.29 is 18.0 Å². The lowest BCUT2D eigenvalue weighted by atomic mass is 10.1. The predicted octanol–water partition coefficient (Wildman–Crippen LogP) is 2.96. The molecule has 0 saturated carbocycles. The first kappa shape index (κ1) is 19.1. The van der Waals surface area contributed by atoms with E-state index in [0.717, 1.165) is 0 Å². The van der Waals surface area contributed by atoms with Gasteiger partial charge >= 0.3 is 0 Å². The Morgan fingerprint density at radius 2 is 1.48 bits per heavy atom. The van der Waals surface area contributed by atoms with Crippen molar-refractivity contribution in [2.45, 2.75) is 11.8 Å². The van der Waals surface area contributed by atoms with Crippen LogP contribution in [0.25, 0.3) is 0 Å². The number of benzene rings is 2. The van der Waals surface area contributed by atoms with Gasteiger partial charge in [-0.2, -0.15) is 10.5 Å². The molecule has 25 heavy (non-hydrogen) atoms. The van der Waals surface area contributed by atoms with Gasteiger partial charge in [0, 0.05) is 18.2 Å². The number of ketones is 1. The molecule has 0 heterocycles. The summed E-state index contributed by atoms with van der Waals surface area (Å²) < 4.78 is 25.8. The van der Waals surface area contributed by atoms with Gasteiger partial charge in [0.1, 0.15) is 4.20 Å². The minimum absolute atomic E-state index is 0.0297. The van der Waals surface area contributed by atoms with Crippen molar-refractivity contribution in [3.8, 4) is 0 Å². The van der Waals surface area contributed by atoms with E-state index >= 15 is 0 Å². The van der Waals surface area contributed by atoms with Crippen LogP contribution in [0.15, 0.2) is 59.5 Å². The molecular formula is C18H19NO4S2. The summed E-state index contributed by atoms with van der Waals surface area (Å²) in [4.78, 5) is 23.8. The fourth-order valence-corrected chi connectivity index (χ4v) is 5.86. The summed E-state index contributed by atoms with van der Waals surface area (Å²) in [5, 5.41) is 2.58. The maximum Gasteiger partial charge on any atom is 0.221 e. The van der Waals surface area contributed by atoms with Crippen LogP contribution in [0, 0.1) is 0 Å². The molecular weight excluding hydrogens is 358 g/mol. The molecule has 2 aromatic carbocycles. The van der Waals surface area contributed by atoms with E-state index in [4.69, 9.17) is 0 Å². The molecule has 0 saturated heterocycles. The number of anilines is 1. The van der Waals surface area contributed by atoms with Crippen LogP contribution in [0.1, 0.15) is 17.3 Å². The molecule has 7 heteroatoms. The third kappa shape index (κ3) is 4.43. The molecule has 2 aromatic rings. The van der Waals surface area contributed by atoms with Crippen molar-refractivity contribution in [3.05, 3.63) is 60.2 Å². The molecule has 0 aliphatic rings. The predicted molar refractivity (Wildman–Crippen MR) is 103 cm³/mol. The molecule has 0 aromatic heterocycles. The summed E-state index contributed by atoms with van der Waals surface area (Å²) in [5.41, 5.74) is 0.839. The molecule has 0 aliphatic heterocycles. The van der Waals surface area contributed by atoms with E-state index in [1.54, 1.807) is 42.8 Å². The van der Waals surface area contributed by atoms with Gasteiger partial charge in [-0.1, -0.05) is 30.3 Å². The van der Waals surface area contributed by atoms with Gasteiger partial charge in [0.05, 0.1) is 4.90 Å². The molecule has 0 radical (unpaired) electrons. The van der Waals surface area contributed by atoms with Crippen LogP contribution < -0.4 is 5.32 Å². The Hall–Kier alpha value is -2.25. The highest BCUT2D eigenvalue weighted by Gasteiger charge is 2.29. The molecule has 0 aliphatic carbocycles. The van der Waals surface area contributed by atoms with Crippen LogP contribution in [0.5, 0.6) is 0 Å². The zero-order valence-electron chi connectivity index (χ0n) is 14.1. The second-order valence-corrected chi connectivity index (χ2v) is 9.69. The fourth-order valence-electron chi connectivity index (χ4n) is 2.26. The zero-order valence-corrected chi connectivity index (χ0v) is 15.8. The number of Topliss-reactive ketones (excluding diaryl/α,β-unsaturated/α-hetero) is 1. The number of hydrogen-bond donors (Lipinski definition) is 1. The van der Waals surface area contributed by atoms with Crippen molar-refractivity contribution >= 4 is 41.9 Å². The maximum absolute atomic E-state index is 13.0. The Labute approximate surface area is 149 Å². The second kappa shape index (κ2) is 7.76. The number of carbonyl (C=O) groups is 2. The van der Waals surface area contributed by atoms with Gasteiger partial charge in [0.25, 0.3) is 0 Å². The Bertz CT molecular complexity index is 927. The van der Waals surface area contributed by atoms with Crippen LogP contribution in [0.3, 0.4) is 0 Å². The van der Waals surface area contributed by atoms with E-state index in [1.807, 2.05) is 0 Å². The largest absolute Gasteiger partial charge is 0.326 e. The van der Waals surface area contributed by atoms with Crippen LogP contribution >= 0.6 is 10.5 Å². The van der Waals surface area contributed by atoms with E-state index in [9.17, 15) is 18.0 Å². The molecule has 0 spiro atoms. The summed E-state index contributed by atoms with van der Waals surface area (Å²) in [5.74, 6) is -0.731. The Morgan fingerprint density at radius 1 is 0.920 bits per heavy atom. The third-order valence-corrected chi connectivity index (χ3v) is 7.47. The SMILES string of the molecule is CC(=O)Nc1ccc(S(=O)(=O)C(C(=O)c2ccccc2)=S(C)C)cc1. The van der Waals surface area contributed by atoms with Crippen LogP contribution in [-0.2, 0) is 14.6 Å². The molecule has 1 N–H and O–H groups in total. The van der Waals surface area contributed by atoms with Crippen molar-refractivity contribution in [1.82, 2.24) is 0 Å². The van der Waals surface area contributed by atoms with Crippen molar-refractivity contribution in [1.29, 1.82) is 0 Å². The first-order valence-electron chi connectivity index (χ1n) is 7.40. The highest BCUT2D eigenvalue weighted by molar-refractivity contribution is 8.32. The van der Waals surface area contributed by atoms with Gasteiger partial charge < -0.3 is 5.32 Å².